The van der Waals surface area contributed by atoms with Crippen molar-refractivity contribution < 1.29 is 9.53 Å². The third kappa shape index (κ3) is 4.83. The molecule has 5 rings (SSSR count). The van der Waals surface area contributed by atoms with Crippen molar-refractivity contribution >= 4 is 23.4 Å². The third-order valence-electron chi connectivity index (χ3n) is 5.91. The van der Waals surface area contributed by atoms with Gasteiger partial charge in [-0.3, -0.25) is 9.36 Å². The average molecular weight is 484 g/mol. The second kappa shape index (κ2) is 10.1. The second-order valence-corrected chi connectivity index (χ2v) is 9.08. The lowest BCUT2D eigenvalue weighted by Gasteiger charge is -2.22. The highest BCUT2D eigenvalue weighted by Gasteiger charge is 2.33. The van der Waals surface area contributed by atoms with E-state index in [0.29, 0.717) is 11.6 Å². The monoisotopic (exact) mass is 483 g/mol. The summed E-state index contributed by atoms with van der Waals surface area (Å²) in [6.07, 6.45) is 0.645. The van der Waals surface area contributed by atoms with Crippen molar-refractivity contribution in [3.8, 4) is 11.4 Å². The average Bonchev–Trinajstić information content (AvgIpc) is 3.52. The minimum atomic E-state index is -0.182. The number of para-hydroxylation sites is 1. The zero-order valence-electron chi connectivity index (χ0n) is 19.5. The fourth-order valence-corrected chi connectivity index (χ4v) is 4.98. The van der Waals surface area contributed by atoms with Crippen molar-refractivity contribution in [3.05, 3.63) is 102 Å². The molecule has 0 radical (unpaired) electrons. The lowest BCUT2D eigenvalue weighted by molar-refractivity contribution is -0.130. The maximum Gasteiger partial charge on any atom is 0.253 e. The molecule has 0 N–H and O–H groups in total. The molecule has 1 aliphatic heterocycles. The van der Waals surface area contributed by atoms with E-state index in [2.05, 4.69) is 10.2 Å². The van der Waals surface area contributed by atoms with Gasteiger partial charge in [-0.1, -0.05) is 72.4 Å². The van der Waals surface area contributed by atoms with Gasteiger partial charge in [-0.15, -0.1) is 10.2 Å². The number of benzene rings is 3. The van der Waals surface area contributed by atoms with Gasteiger partial charge < -0.3 is 4.74 Å². The molecule has 176 valence electrons. The molecule has 0 fully saturated rings. The molecule has 0 bridgehead atoms. The van der Waals surface area contributed by atoms with Crippen LogP contribution in [-0.2, 0) is 4.79 Å². The van der Waals surface area contributed by atoms with E-state index >= 15 is 0 Å². The Bertz CT molecular complexity index is 1340. The predicted octanol–water partition coefficient (Wildman–Crippen LogP) is 5.05. The summed E-state index contributed by atoms with van der Waals surface area (Å²) in [6.45, 7) is 1.91. The van der Waals surface area contributed by atoms with Crippen molar-refractivity contribution in [2.45, 2.75) is 24.5 Å². The van der Waals surface area contributed by atoms with Crippen LogP contribution in [0.2, 0.25) is 0 Å². The van der Waals surface area contributed by atoms with Crippen LogP contribution in [0.25, 0.3) is 5.69 Å². The van der Waals surface area contributed by atoms with E-state index in [1.807, 2.05) is 96.4 Å². The summed E-state index contributed by atoms with van der Waals surface area (Å²) in [7, 11) is 1.64. The third-order valence-corrected chi connectivity index (χ3v) is 6.82. The highest BCUT2D eigenvalue weighted by atomic mass is 32.2. The minimum absolute atomic E-state index is 0.0815. The highest BCUT2D eigenvalue weighted by molar-refractivity contribution is 7.99. The van der Waals surface area contributed by atoms with Crippen molar-refractivity contribution in [2.24, 2.45) is 5.10 Å². The van der Waals surface area contributed by atoms with Crippen molar-refractivity contribution in [2.75, 3.05) is 12.9 Å². The maximum absolute atomic E-state index is 13.5. The number of aromatic nitrogens is 3. The molecule has 1 unspecified atom stereocenters. The number of hydrogen-bond donors (Lipinski definition) is 0. The Balaban J connectivity index is 1.39. The van der Waals surface area contributed by atoms with Gasteiger partial charge in [0.05, 0.1) is 24.6 Å². The van der Waals surface area contributed by atoms with Gasteiger partial charge in [0.25, 0.3) is 5.91 Å². The summed E-state index contributed by atoms with van der Waals surface area (Å²) >= 11 is 1.37. The van der Waals surface area contributed by atoms with Crippen LogP contribution in [0.5, 0.6) is 5.75 Å². The second-order valence-electron chi connectivity index (χ2n) is 8.13. The van der Waals surface area contributed by atoms with E-state index < -0.39 is 0 Å². The molecule has 2 heterocycles. The molecule has 1 aromatic heterocycles. The van der Waals surface area contributed by atoms with Gasteiger partial charge in [0, 0.05) is 12.1 Å². The van der Waals surface area contributed by atoms with Crippen molar-refractivity contribution in [1.82, 2.24) is 19.8 Å². The Labute approximate surface area is 208 Å². The molecule has 35 heavy (non-hydrogen) atoms. The lowest BCUT2D eigenvalue weighted by atomic mass is 9.98. The smallest absolute Gasteiger partial charge is 0.253 e. The maximum atomic E-state index is 13.5. The van der Waals surface area contributed by atoms with Gasteiger partial charge in [-0.25, -0.2) is 5.01 Å². The van der Waals surface area contributed by atoms with Gasteiger partial charge in [-0.05, 0) is 42.3 Å². The Morgan fingerprint density at radius 2 is 1.66 bits per heavy atom. The van der Waals surface area contributed by atoms with Crippen LogP contribution in [0.4, 0.5) is 0 Å². The Hall–Kier alpha value is -3.91. The number of nitrogens with zero attached hydrogens (tertiary/aromatic N) is 5. The quantitative estimate of drug-likeness (QED) is 0.344. The number of ether oxygens (including phenoxy) is 1. The Morgan fingerprint density at radius 3 is 2.34 bits per heavy atom. The molecule has 1 amide bonds. The van der Waals surface area contributed by atoms with E-state index in [4.69, 9.17) is 9.84 Å². The first kappa shape index (κ1) is 22.9. The fraction of sp³-hybridized carbons (Fsp3) is 0.185. The summed E-state index contributed by atoms with van der Waals surface area (Å²) in [5, 5.41) is 15.6. The SMILES string of the molecule is COc1ccc(C2CC(c3ccccc3)=NN2C(=O)CSc2nnc(C)n2-c2ccccc2)cc1. The van der Waals surface area contributed by atoms with Crippen molar-refractivity contribution in [1.29, 1.82) is 0 Å². The Morgan fingerprint density at radius 1 is 0.971 bits per heavy atom. The van der Waals surface area contributed by atoms with Gasteiger partial charge in [0.1, 0.15) is 11.6 Å². The minimum Gasteiger partial charge on any atom is -0.497 e. The summed E-state index contributed by atoms with van der Waals surface area (Å²) in [6, 6.07) is 27.5. The lowest BCUT2D eigenvalue weighted by Crippen LogP contribution is -2.28. The molecule has 0 saturated heterocycles. The van der Waals surface area contributed by atoms with Gasteiger partial charge in [0.2, 0.25) is 0 Å². The molecule has 0 spiro atoms. The number of carbonyl (C=O) groups is 1. The number of hydrazone groups is 1. The van der Waals surface area contributed by atoms with Crippen LogP contribution in [0, 0.1) is 6.92 Å². The molecule has 0 saturated carbocycles. The van der Waals surface area contributed by atoms with Gasteiger partial charge in [-0.2, -0.15) is 5.10 Å². The normalized spacial score (nSPS) is 15.2. The number of thioether (sulfide) groups is 1. The Kier molecular flexibility index (Phi) is 6.63. The van der Waals surface area contributed by atoms with E-state index in [1.54, 1.807) is 12.1 Å². The molecule has 8 heteroatoms. The van der Waals surface area contributed by atoms with E-state index in [1.165, 1.54) is 11.8 Å². The fourth-order valence-electron chi connectivity index (χ4n) is 4.13. The first-order valence-electron chi connectivity index (χ1n) is 11.3. The zero-order chi connectivity index (χ0) is 24.2. The molecule has 3 aromatic carbocycles. The summed E-state index contributed by atoms with van der Waals surface area (Å²) < 4.78 is 7.27. The molecular weight excluding hydrogens is 458 g/mol. The summed E-state index contributed by atoms with van der Waals surface area (Å²) in [5.41, 5.74) is 3.90. The van der Waals surface area contributed by atoms with Crippen LogP contribution in [0.1, 0.15) is 29.4 Å². The number of methoxy groups -OCH3 is 1. The number of hydrogen-bond acceptors (Lipinski definition) is 6. The molecule has 1 aliphatic rings. The summed E-state index contributed by atoms with van der Waals surface area (Å²) in [5.74, 6) is 1.67. The number of rotatable bonds is 7. The van der Waals surface area contributed by atoms with Crippen molar-refractivity contribution in [3.63, 3.8) is 0 Å². The van der Waals surface area contributed by atoms with E-state index in [-0.39, 0.29) is 17.7 Å². The van der Waals surface area contributed by atoms with Crippen LogP contribution >= 0.6 is 11.8 Å². The molecule has 4 aromatic rings. The number of amides is 1. The van der Waals surface area contributed by atoms with Gasteiger partial charge in [0.15, 0.2) is 5.16 Å². The highest BCUT2D eigenvalue weighted by Crippen LogP contribution is 2.34. The number of carbonyl (C=O) groups excluding carboxylic acids is 1. The molecule has 0 aliphatic carbocycles. The van der Waals surface area contributed by atoms with E-state index in [9.17, 15) is 4.79 Å². The van der Waals surface area contributed by atoms with Gasteiger partial charge >= 0.3 is 0 Å². The van der Waals surface area contributed by atoms with Crippen LogP contribution < -0.4 is 4.74 Å². The molecule has 7 nitrogen and oxygen atoms in total. The standard InChI is InChI=1S/C27H25N5O2S/c1-19-28-29-27(31(19)22-11-7-4-8-12-22)35-18-26(33)32-25(21-13-15-23(34-2)16-14-21)17-24(30-32)20-9-5-3-6-10-20/h3-16,25H,17-18H2,1-2H3. The van der Waals surface area contributed by atoms with Crippen LogP contribution in [0.15, 0.2) is 95.2 Å². The number of aryl methyl sites for hydroxylation is 1. The molecular formula is C27H25N5O2S. The predicted molar refractivity (Wildman–Crippen MR) is 137 cm³/mol. The van der Waals surface area contributed by atoms with Crippen LogP contribution in [-0.4, -0.2) is 44.3 Å². The topological polar surface area (TPSA) is 72.6 Å². The molecule has 1 atom stereocenters. The summed E-state index contributed by atoms with van der Waals surface area (Å²) in [4.78, 5) is 13.5. The first-order valence-corrected chi connectivity index (χ1v) is 12.3. The largest absolute Gasteiger partial charge is 0.497 e. The van der Waals surface area contributed by atoms with E-state index in [0.717, 1.165) is 34.1 Å². The first-order chi connectivity index (χ1) is 17.1. The van der Waals surface area contributed by atoms with Crippen LogP contribution in [0.3, 0.4) is 0 Å². The zero-order valence-corrected chi connectivity index (χ0v) is 20.4.